The lowest BCUT2D eigenvalue weighted by Gasteiger charge is -2.26. The molecule has 0 bridgehead atoms. The highest BCUT2D eigenvalue weighted by Gasteiger charge is 2.34. The fraction of sp³-hybridized carbons (Fsp3) is 0.778. The Bertz CT molecular complexity index is 223. The molecule has 0 aliphatic heterocycles. The zero-order valence-electron chi connectivity index (χ0n) is 8.01. The fourth-order valence-corrected chi connectivity index (χ4v) is 1.22. The van der Waals surface area contributed by atoms with Gasteiger partial charge in [0.05, 0.1) is 16.9 Å². The first-order chi connectivity index (χ1) is 5.21. The summed E-state index contributed by atoms with van der Waals surface area (Å²) >= 11 is 0. The van der Waals surface area contributed by atoms with Gasteiger partial charge in [0, 0.05) is 0 Å². The van der Waals surface area contributed by atoms with Crippen LogP contribution in [0, 0.1) is 22.2 Å². The van der Waals surface area contributed by atoms with Gasteiger partial charge in [-0.2, -0.15) is 5.26 Å². The third kappa shape index (κ3) is 2.91. The molecule has 0 fully saturated rings. The quantitative estimate of drug-likeness (QED) is 0.703. The zero-order chi connectivity index (χ0) is 9.99. The summed E-state index contributed by atoms with van der Waals surface area (Å²) in [6, 6.07) is 2.09. The zero-order valence-corrected chi connectivity index (χ0v) is 8.01. The summed E-state index contributed by atoms with van der Waals surface area (Å²) in [5, 5.41) is 17.5. The highest BCUT2D eigenvalue weighted by Crippen LogP contribution is 2.32. The molecule has 1 N–H and O–H groups in total. The second-order valence-electron chi connectivity index (χ2n) is 4.36. The average molecular weight is 169 g/mol. The Hall–Kier alpha value is -1.04. The summed E-state index contributed by atoms with van der Waals surface area (Å²) in [6.45, 7) is 6.76. The molecule has 0 aromatic heterocycles. The van der Waals surface area contributed by atoms with Crippen molar-refractivity contribution < 1.29 is 9.90 Å². The number of rotatable bonds is 3. The maximum atomic E-state index is 10.7. The first-order valence-corrected chi connectivity index (χ1v) is 3.86. The topological polar surface area (TPSA) is 61.1 Å². The van der Waals surface area contributed by atoms with Crippen LogP contribution in [-0.2, 0) is 4.79 Å². The fourth-order valence-electron chi connectivity index (χ4n) is 1.22. The minimum Gasteiger partial charge on any atom is -0.481 e. The second kappa shape index (κ2) is 3.14. The molecule has 0 aromatic carbocycles. The van der Waals surface area contributed by atoms with E-state index < -0.39 is 16.8 Å². The normalized spacial score (nSPS) is 12.2. The third-order valence-corrected chi connectivity index (χ3v) is 1.77. The molecule has 68 valence electrons. The van der Waals surface area contributed by atoms with E-state index in [1.165, 1.54) is 0 Å². The van der Waals surface area contributed by atoms with Crippen molar-refractivity contribution in [1.82, 2.24) is 0 Å². The van der Waals surface area contributed by atoms with Gasteiger partial charge < -0.3 is 5.11 Å². The van der Waals surface area contributed by atoms with Gasteiger partial charge in [-0.15, -0.1) is 0 Å². The Morgan fingerprint density at radius 2 is 1.83 bits per heavy atom. The van der Waals surface area contributed by atoms with Gasteiger partial charge in [-0.25, -0.2) is 0 Å². The van der Waals surface area contributed by atoms with Crippen LogP contribution in [0.15, 0.2) is 0 Å². The molecule has 0 aliphatic carbocycles. The monoisotopic (exact) mass is 169 g/mol. The van der Waals surface area contributed by atoms with Crippen molar-refractivity contribution in [2.24, 2.45) is 10.8 Å². The lowest BCUT2D eigenvalue weighted by Crippen LogP contribution is -2.29. The van der Waals surface area contributed by atoms with Gasteiger partial charge in [-0.1, -0.05) is 0 Å². The number of nitrogens with zero attached hydrogens (tertiary/aromatic N) is 1. The Balaban J connectivity index is 4.47. The lowest BCUT2D eigenvalue weighted by atomic mass is 9.76. The second-order valence-corrected chi connectivity index (χ2v) is 4.36. The third-order valence-electron chi connectivity index (χ3n) is 1.77. The molecule has 3 nitrogen and oxygen atoms in total. The van der Waals surface area contributed by atoms with Crippen molar-refractivity contribution in [3.63, 3.8) is 0 Å². The Morgan fingerprint density at radius 3 is 2.08 bits per heavy atom. The van der Waals surface area contributed by atoms with Crippen LogP contribution in [0.2, 0.25) is 0 Å². The summed E-state index contributed by atoms with van der Waals surface area (Å²) in [4.78, 5) is 10.7. The standard InChI is InChI=1S/C9H15NO2/c1-8(2,6-10)5-9(3,4)7(11)12/h5H2,1-4H3,(H,11,12). The van der Waals surface area contributed by atoms with Gasteiger partial charge in [-0.05, 0) is 34.1 Å². The molecule has 0 aliphatic rings. The Labute approximate surface area is 73.0 Å². The van der Waals surface area contributed by atoms with E-state index in [9.17, 15) is 4.79 Å². The maximum absolute atomic E-state index is 10.7. The molecule has 0 spiro atoms. The van der Waals surface area contributed by atoms with Crippen molar-refractivity contribution in [2.75, 3.05) is 0 Å². The number of hydrogen-bond acceptors (Lipinski definition) is 2. The van der Waals surface area contributed by atoms with Gasteiger partial charge in [0.15, 0.2) is 0 Å². The lowest BCUT2D eigenvalue weighted by molar-refractivity contribution is -0.148. The molecule has 0 rings (SSSR count). The van der Waals surface area contributed by atoms with E-state index in [4.69, 9.17) is 10.4 Å². The molecule has 0 atom stereocenters. The molecule has 3 heteroatoms. The average Bonchev–Trinajstić information content (AvgIpc) is 1.85. The van der Waals surface area contributed by atoms with E-state index >= 15 is 0 Å². The predicted octanol–water partition coefficient (Wildman–Crippen LogP) is 2.04. The molecular formula is C9H15NO2. The van der Waals surface area contributed by atoms with E-state index in [1.54, 1.807) is 27.7 Å². The van der Waals surface area contributed by atoms with Crippen LogP contribution in [0.1, 0.15) is 34.1 Å². The molecule has 0 unspecified atom stereocenters. The van der Waals surface area contributed by atoms with Gasteiger partial charge in [0.1, 0.15) is 0 Å². The Kier molecular flexibility index (Phi) is 2.87. The van der Waals surface area contributed by atoms with Crippen LogP contribution in [0.5, 0.6) is 0 Å². The summed E-state index contributed by atoms with van der Waals surface area (Å²) in [6.07, 6.45) is 0.367. The minimum atomic E-state index is -0.856. The van der Waals surface area contributed by atoms with E-state index in [2.05, 4.69) is 6.07 Å². The molecule has 0 radical (unpaired) electrons. The largest absolute Gasteiger partial charge is 0.481 e. The van der Waals surface area contributed by atoms with Crippen molar-refractivity contribution in [1.29, 1.82) is 5.26 Å². The summed E-state index contributed by atoms with van der Waals surface area (Å²) < 4.78 is 0. The Morgan fingerprint density at radius 1 is 1.42 bits per heavy atom. The van der Waals surface area contributed by atoms with Gasteiger partial charge in [0.25, 0.3) is 0 Å². The minimum absolute atomic E-state index is 0.367. The van der Waals surface area contributed by atoms with Crippen LogP contribution < -0.4 is 0 Å². The van der Waals surface area contributed by atoms with Crippen LogP contribution in [0.3, 0.4) is 0 Å². The predicted molar refractivity (Wildman–Crippen MR) is 45.4 cm³/mol. The molecule has 0 aromatic rings. The van der Waals surface area contributed by atoms with Crippen LogP contribution in [-0.4, -0.2) is 11.1 Å². The summed E-state index contributed by atoms with van der Waals surface area (Å²) in [5.41, 5.74) is -1.39. The number of nitriles is 1. The highest BCUT2D eigenvalue weighted by molar-refractivity contribution is 5.73. The first kappa shape index (κ1) is 11.0. The summed E-state index contributed by atoms with van der Waals surface area (Å²) in [7, 11) is 0. The van der Waals surface area contributed by atoms with Crippen molar-refractivity contribution in [3.8, 4) is 6.07 Å². The maximum Gasteiger partial charge on any atom is 0.309 e. The van der Waals surface area contributed by atoms with Crippen LogP contribution in [0.4, 0.5) is 0 Å². The molecule has 0 heterocycles. The highest BCUT2D eigenvalue weighted by atomic mass is 16.4. The smallest absolute Gasteiger partial charge is 0.309 e. The van der Waals surface area contributed by atoms with Crippen molar-refractivity contribution >= 4 is 5.97 Å². The number of carbonyl (C=O) groups is 1. The van der Waals surface area contributed by atoms with Crippen molar-refractivity contribution in [3.05, 3.63) is 0 Å². The van der Waals surface area contributed by atoms with Gasteiger partial charge >= 0.3 is 5.97 Å². The van der Waals surface area contributed by atoms with E-state index in [1.807, 2.05) is 0 Å². The first-order valence-electron chi connectivity index (χ1n) is 3.86. The number of carboxylic acids is 1. The molecular weight excluding hydrogens is 154 g/mol. The number of hydrogen-bond donors (Lipinski definition) is 1. The SMILES string of the molecule is CC(C)(C#N)CC(C)(C)C(=O)O. The van der Waals surface area contributed by atoms with E-state index in [-0.39, 0.29) is 0 Å². The van der Waals surface area contributed by atoms with Crippen LogP contribution >= 0.6 is 0 Å². The van der Waals surface area contributed by atoms with Gasteiger partial charge in [0.2, 0.25) is 0 Å². The van der Waals surface area contributed by atoms with Crippen LogP contribution in [0.25, 0.3) is 0 Å². The molecule has 0 saturated carbocycles. The molecule has 0 amide bonds. The van der Waals surface area contributed by atoms with E-state index in [0.29, 0.717) is 6.42 Å². The van der Waals surface area contributed by atoms with E-state index in [0.717, 1.165) is 0 Å². The number of carboxylic acid groups (broad SMARTS) is 1. The van der Waals surface area contributed by atoms with Crippen molar-refractivity contribution in [2.45, 2.75) is 34.1 Å². The van der Waals surface area contributed by atoms with Gasteiger partial charge in [-0.3, -0.25) is 4.79 Å². The summed E-state index contributed by atoms with van der Waals surface area (Å²) in [5.74, 6) is -0.856. The molecule has 0 saturated heterocycles. The molecule has 12 heavy (non-hydrogen) atoms. The number of aliphatic carboxylic acids is 1.